The number of nitrogens with zero attached hydrogens (tertiary/aromatic N) is 2. The van der Waals surface area contributed by atoms with Crippen molar-refractivity contribution in [2.75, 3.05) is 6.61 Å². The Hall–Kier alpha value is -1.42. The maximum atomic E-state index is 6.19. The van der Waals surface area contributed by atoms with Gasteiger partial charge < -0.3 is 9.30 Å². The number of halogens is 3. The van der Waals surface area contributed by atoms with E-state index in [1.54, 1.807) is 0 Å². The lowest BCUT2D eigenvalue weighted by Crippen LogP contribution is -2.07. The van der Waals surface area contributed by atoms with Gasteiger partial charge in [-0.05, 0) is 55.5 Å². The fourth-order valence-corrected chi connectivity index (χ4v) is 3.40. The summed E-state index contributed by atoms with van der Waals surface area (Å²) < 4.78 is 8.29. The monoisotopic (exact) mass is 426 g/mol. The van der Waals surface area contributed by atoms with Crippen LogP contribution in [0.5, 0.6) is 5.88 Å². The van der Waals surface area contributed by atoms with Crippen LogP contribution in [-0.2, 0) is 6.54 Å². The summed E-state index contributed by atoms with van der Waals surface area (Å²) in [5.74, 6) is 1.29. The van der Waals surface area contributed by atoms with Crippen LogP contribution in [-0.4, -0.2) is 16.2 Å². The van der Waals surface area contributed by atoms with Crippen LogP contribution in [0.25, 0.3) is 10.9 Å². The van der Waals surface area contributed by atoms with E-state index in [1.807, 2.05) is 24.4 Å². The maximum absolute atomic E-state index is 6.19. The lowest BCUT2D eigenvalue weighted by atomic mass is 10.1. The maximum Gasteiger partial charge on any atom is 0.238 e. The molecule has 3 aromatic rings. The fourth-order valence-electron chi connectivity index (χ4n) is 3.08. The molecule has 3 rings (SSSR count). The second kappa shape index (κ2) is 9.18. The largest absolute Gasteiger partial charge is 0.476 e. The summed E-state index contributed by atoms with van der Waals surface area (Å²) >= 11 is 12.2. The van der Waals surface area contributed by atoms with Gasteiger partial charge in [0.05, 0.1) is 16.7 Å². The molecule has 0 amide bonds. The Morgan fingerprint density at radius 3 is 2.52 bits per heavy atom. The first-order valence-corrected chi connectivity index (χ1v) is 9.65. The first-order chi connectivity index (χ1) is 12.4. The van der Waals surface area contributed by atoms with E-state index in [2.05, 4.69) is 43.3 Å². The molecule has 27 heavy (non-hydrogen) atoms. The SMILES string of the molecule is Cc1c(C)n(Cc2ccc(Cl)c(Cl)c2)c2c(OCCC(C)C)nccc12.Cl. The normalized spacial score (nSPS) is 11.1. The van der Waals surface area contributed by atoms with Crippen LogP contribution in [0, 0.1) is 19.8 Å². The number of hydrogen-bond acceptors (Lipinski definition) is 2. The highest BCUT2D eigenvalue weighted by Gasteiger charge is 2.17. The molecule has 0 N–H and O–H groups in total. The number of rotatable bonds is 6. The van der Waals surface area contributed by atoms with E-state index in [1.165, 1.54) is 16.6 Å². The minimum atomic E-state index is 0. The highest BCUT2D eigenvalue weighted by Crippen LogP contribution is 2.32. The molecular formula is C21H25Cl3N2O. The van der Waals surface area contributed by atoms with Crippen molar-refractivity contribution in [3.05, 3.63) is 57.3 Å². The Labute approximate surface area is 177 Å². The van der Waals surface area contributed by atoms with E-state index in [9.17, 15) is 0 Å². The molecule has 3 nitrogen and oxygen atoms in total. The lowest BCUT2D eigenvalue weighted by molar-refractivity contribution is 0.281. The number of aromatic nitrogens is 2. The van der Waals surface area contributed by atoms with Gasteiger partial charge in [0, 0.05) is 23.8 Å². The van der Waals surface area contributed by atoms with Gasteiger partial charge in [0.25, 0.3) is 0 Å². The van der Waals surface area contributed by atoms with E-state index in [0.717, 1.165) is 17.5 Å². The smallest absolute Gasteiger partial charge is 0.238 e. The zero-order chi connectivity index (χ0) is 18.8. The molecule has 0 aliphatic carbocycles. The number of fused-ring (bicyclic) bond motifs is 1. The number of benzene rings is 1. The van der Waals surface area contributed by atoms with E-state index < -0.39 is 0 Å². The van der Waals surface area contributed by atoms with Crippen LogP contribution in [0.4, 0.5) is 0 Å². The Kier molecular flexibility index (Phi) is 7.44. The molecule has 0 atom stereocenters. The quantitative estimate of drug-likeness (QED) is 0.430. The van der Waals surface area contributed by atoms with Gasteiger partial charge in [-0.25, -0.2) is 4.98 Å². The average Bonchev–Trinajstić information content (AvgIpc) is 2.84. The standard InChI is InChI=1S/C21H24Cl2N2O.ClH/c1-13(2)8-10-26-21-20-17(7-9-24-21)14(3)15(4)25(20)12-16-5-6-18(22)19(23)11-16;/h5-7,9,11,13H,8,10,12H2,1-4H3;1H. The summed E-state index contributed by atoms with van der Waals surface area (Å²) in [5.41, 5.74) is 4.58. The Balaban J connectivity index is 0.00000261. The number of pyridine rings is 1. The van der Waals surface area contributed by atoms with Gasteiger partial charge in [0.1, 0.15) is 5.52 Å². The molecule has 1 aromatic carbocycles. The van der Waals surface area contributed by atoms with Crippen molar-refractivity contribution in [3.8, 4) is 5.88 Å². The summed E-state index contributed by atoms with van der Waals surface area (Å²) in [5, 5.41) is 2.32. The molecule has 0 fully saturated rings. The molecule has 2 heterocycles. The predicted molar refractivity (Wildman–Crippen MR) is 117 cm³/mol. The van der Waals surface area contributed by atoms with E-state index in [0.29, 0.717) is 35.0 Å². The minimum Gasteiger partial charge on any atom is -0.476 e. The molecule has 0 bridgehead atoms. The topological polar surface area (TPSA) is 27.1 Å². The highest BCUT2D eigenvalue weighted by atomic mass is 35.5. The van der Waals surface area contributed by atoms with Crippen LogP contribution in [0.2, 0.25) is 10.0 Å². The van der Waals surface area contributed by atoms with Crippen molar-refractivity contribution in [2.45, 2.75) is 40.7 Å². The second-order valence-electron chi connectivity index (χ2n) is 7.09. The predicted octanol–water partition coefficient (Wildman–Crippen LogP) is 6.85. The van der Waals surface area contributed by atoms with Crippen molar-refractivity contribution in [1.82, 2.24) is 9.55 Å². The molecule has 146 valence electrons. The van der Waals surface area contributed by atoms with Gasteiger partial charge in [0.2, 0.25) is 5.88 Å². The molecule has 0 spiro atoms. The van der Waals surface area contributed by atoms with Crippen molar-refractivity contribution in [3.63, 3.8) is 0 Å². The second-order valence-corrected chi connectivity index (χ2v) is 7.90. The third kappa shape index (κ3) is 4.71. The average molecular weight is 428 g/mol. The molecule has 0 radical (unpaired) electrons. The Bertz CT molecular complexity index is 935. The molecule has 0 unspecified atom stereocenters. The van der Waals surface area contributed by atoms with E-state index in [-0.39, 0.29) is 12.4 Å². The zero-order valence-electron chi connectivity index (χ0n) is 16.1. The number of aryl methyl sites for hydroxylation is 1. The molecular weight excluding hydrogens is 403 g/mol. The number of ether oxygens (including phenoxy) is 1. The van der Waals surface area contributed by atoms with Crippen molar-refractivity contribution in [1.29, 1.82) is 0 Å². The molecule has 0 aliphatic heterocycles. The van der Waals surface area contributed by atoms with Crippen LogP contribution in [0.1, 0.15) is 37.1 Å². The molecule has 0 saturated carbocycles. The molecule has 0 aliphatic rings. The van der Waals surface area contributed by atoms with Gasteiger partial charge in [0.15, 0.2) is 0 Å². The van der Waals surface area contributed by atoms with Gasteiger partial charge >= 0.3 is 0 Å². The zero-order valence-corrected chi connectivity index (χ0v) is 18.4. The van der Waals surface area contributed by atoms with E-state index in [4.69, 9.17) is 27.9 Å². The van der Waals surface area contributed by atoms with Crippen molar-refractivity contribution >= 4 is 46.5 Å². The van der Waals surface area contributed by atoms with Crippen LogP contribution < -0.4 is 4.74 Å². The molecule has 2 aromatic heterocycles. The Morgan fingerprint density at radius 1 is 1.11 bits per heavy atom. The van der Waals surface area contributed by atoms with Crippen LogP contribution in [0.3, 0.4) is 0 Å². The van der Waals surface area contributed by atoms with Gasteiger partial charge in [-0.15, -0.1) is 12.4 Å². The van der Waals surface area contributed by atoms with Crippen molar-refractivity contribution < 1.29 is 4.74 Å². The first-order valence-electron chi connectivity index (χ1n) is 8.89. The summed E-state index contributed by atoms with van der Waals surface area (Å²) in [7, 11) is 0. The lowest BCUT2D eigenvalue weighted by Gasteiger charge is -2.13. The minimum absolute atomic E-state index is 0. The summed E-state index contributed by atoms with van der Waals surface area (Å²) in [6.45, 7) is 10.0. The van der Waals surface area contributed by atoms with Crippen LogP contribution >= 0.6 is 35.6 Å². The highest BCUT2D eigenvalue weighted by molar-refractivity contribution is 6.42. The third-order valence-corrected chi connectivity index (χ3v) is 5.51. The summed E-state index contributed by atoms with van der Waals surface area (Å²) in [4.78, 5) is 4.50. The van der Waals surface area contributed by atoms with Gasteiger partial charge in [-0.1, -0.05) is 43.1 Å². The molecule has 0 saturated heterocycles. The van der Waals surface area contributed by atoms with Crippen molar-refractivity contribution in [2.24, 2.45) is 5.92 Å². The third-order valence-electron chi connectivity index (χ3n) is 4.77. The number of hydrogen-bond donors (Lipinski definition) is 0. The Morgan fingerprint density at radius 2 is 1.85 bits per heavy atom. The fraction of sp³-hybridized carbons (Fsp3) is 0.381. The first kappa shape index (κ1) is 21.9. The molecule has 6 heteroatoms. The summed E-state index contributed by atoms with van der Waals surface area (Å²) in [6, 6.07) is 7.81. The van der Waals surface area contributed by atoms with Gasteiger partial charge in [-0.3, -0.25) is 0 Å². The van der Waals surface area contributed by atoms with Crippen LogP contribution in [0.15, 0.2) is 30.5 Å². The summed E-state index contributed by atoms with van der Waals surface area (Å²) in [6.07, 6.45) is 2.83. The van der Waals surface area contributed by atoms with E-state index >= 15 is 0 Å². The van der Waals surface area contributed by atoms with Gasteiger partial charge in [-0.2, -0.15) is 0 Å².